The predicted molar refractivity (Wildman–Crippen MR) is 105 cm³/mol. The number of hydrogen-bond donors (Lipinski definition) is 1. The number of hydrogen-bond acceptors (Lipinski definition) is 4. The molecule has 1 heterocycles. The molecule has 6 heteroatoms. The van der Waals surface area contributed by atoms with Crippen LogP contribution in [-0.4, -0.2) is 31.6 Å². The molecular weight excluding hydrogens is 352 g/mol. The largest absolute Gasteiger partial charge is 0.497 e. The van der Waals surface area contributed by atoms with Crippen molar-refractivity contribution in [3.05, 3.63) is 53.6 Å². The fourth-order valence-corrected chi connectivity index (χ4v) is 3.40. The molecule has 1 aliphatic rings. The molecule has 0 radical (unpaired) electrons. The number of benzene rings is 2. The first-order valence-electron chi connectivity index (χ1n) is 8.48. The van der Waals surface area contributed by atoms with Gasteiger partial charge in [0.15, 0.2) is 0 Å². The lowest BCUT2D eigenvalue weighted by atomic mass is 10.0. The number of nitrogen functional groups attached to an aromatic ring is 1. The van der Waals surface area contributed by atoms with E-state index in [4.69, 9.17) is 15.2 Å². The van der Waals surface area contributed by atoms with E-state index in [1.54, 1.807) is 14.2 Å². The summed E-state index contributed by atoms with van der Waals surface area (Å²) in [5.74, 6) is 1.68. The van der Waals surface area contributed by atoms with E-state index < -0.39 is 0 Å². The van der Waals surface area contributed by atoms with E-state index >= 15 is 0 Å². The number of anilines is 1. The molecule has 0 aliphatic carbocycles. The molecule has 0 saturated carbocycles. The maximum atomic E-state index is 12.9. The zero-order valence-electron chi connectivity index (χ0n) is 15.1. The van der Waals surface area contributed by atoms with Crippen molar-refractivity contribution in [1.29, 1.82) is 0 Å². The zero-order valence-corrected chi connectivity index (χ0v) is 15.9. The molecule has 1 unspecified atom stereocenters. The van der Waals surface area contributed by atoms with Gasteiger partial charge in [0.1, 0.15) is 11.5 Å². The number of amides is 1. The SMILES string of the molecule is COc1ccc(OC)c(C2CCCN2C(=O)Cc2ccc(N)cc2)c1.Cl. The molecule has 3 rings (SSSR count). The molecule has 1 aliphatic heterocycles. The summed E-state index contributed by atoms with van der Waals surface area (Å²) >= 11 is 0. The first-order valence-corrected chi connectivity index (χ1v) is 8.48. The minimum atomic E-state index is 0. The third kappa shape index (κ3) is 4.22. The number of likely N-dealkylation sites (tertiary alicyclic amines) is 1. The molecule has 1 atom stereocenters. The quantitative estimate of drug-likeness (QED) is 0.809. The van der Waals surface area contributed by atoms with Crippen LogP contribution in [0.25, 0.3) is 0 Å². The van der Waals surface area contributed by atoms with Gasteiger partial charge in [0.05, 0.1) is 26.7 Å². The van der Waals surface area contributed by atoms with E-state index in [1.807, 2.05) is 47.4 Å². The summed E-state index contributed by atoms with van der Waals surface area (Å²) in [6.45, 7) is 0.763. The zero-order chi connectivity index (χ0) is 17.8. The monoisotopic (exact) mass is 376 g/mol. The second kappa shape index (κ2) is 8.81. The Bertz CT molecular complexity index is 749. The normalized spacial score (nSPS) is 16.1. The van der Waals surface area contributed by atoms with E-state index in [0.717, 1.165) is 42.0 Å². The summed E-state index contributed by atoms with van der Waals surface area (Å²) in [6.07, 6.45) is 2.29. The average Bonchev–Trinajstić information content (AvgIpc) is 3.12. The molecule has 5 nitrogen and oxygen atoms in total. The van der Waals surface area contributed by atoms with E-state index in [9.17, 15) is 4.79 Å². The molecule has 2 aromatic carbocycles. The lowest BCUT2D eigenvalue weighted by molar-refractivity contribution is -0.131. The Hall–Kier alpha value is -2.40. The second-order valence-corrected chi connectivity index (χ2v) is 6.27. The van der Waals surface area contributed by atoms with Crippen LogP contribution in [-0.2, 0) is 11.2 Å². The van der Waals surface area contributed by atoms with Crippen LogP contribution in [0.4, 0.5) is 5.69 Å². The van der Waals surface area contributed by atoms with Crippen molar-refractivity contribution in [2.24, 2.45) is 0 Å². The van der Waals surface area contributed by atoms with Gasteiger partial charge in [0.25, 0.3) is 0 Å². The number of ether oxygens (including phenoxy) is 2. The van der Waals surface area contributed by atoms with E-state index in [-0.39, 0.29) is 24.4 Å². The molecule has 2 aromatic rings. The summed E-state index contributed by atoms with van der Waals surface area (Å²) in [7, 11) is 3.30. The number of carbonyl (C=O) groups excluding carboxylic acids is 1. The van der Waals surface area contributed by atoms with Crippen LogP contribution in [0, 0.1) is 0 Å². The van der Waals surface area contributed by atoms with Gasteiger partial charge in [-0.25, -0.2) is 0 Å². The Morgan fingerprint density at radius 3 is 2.54 bits per heavy atom. The van der Waals surface area contributed by atoms with Gasteiger partial charge in [-0.2, -0.15) is 0 Å². The minimum Gasteiger partial charge on any atom is -0.497 e. The third-order valence-electron chi connectivity index (χ3n) is 4.70. The Morgan fingerprint density at radius 1 is 1.15 bits per heavy atom. The van der Waals surface area contributed by atoms with Crippen molar-refractivity contribution < 1.29 is 14.3 Å². The minimum absolute atomic E-state index is 0. The van der Waals surface area contributed by atoms with Gasteiger partial charge in [-0.15, -0.1) is 12.4 Å². The summed E-state index contributed by atoms with van der Waals surface area (Å²) in [5.41, 5.74) is 8.40. The van der Waals surface area contributed by atoms with Gasteiger partial charge >= 0.3 is 0 Å². The average molecular weight is 377 g/mol. The fourth-order valence-electron chi connectivity index (χ4n) is 3.40. The van der Waals surface area contributed by atoms with Gasteiger partial charge in [-0.1, -0.05) is 12.1 Å². The summed E-state index contributed by atoms with van der Waals surface area (Å²) in [6, 6.07) is 13.2. The highest BCUT2D eigenvalue weighted by molar-refractivity contribution is 5.85. The number of carbonyl (C=O) groups is 1. The van der Waals surface area contributed by atoms with Crippen molar-refractivity contribution in [2.45, 2.75) is 25.3 Å². The molecule has 26 heavy (non-hydrogen) atoms. The maximum Gasteiger partial charge on any atom is 0.227 e. The molecule has 140 valence electrons. The molecule has 0 bridgehead atoms. The number of nitrogens with two attached hydrogens (primary N) is 1. The van der Waals surface area contributed by atoms with Crippen LogP contribution in [0.5, 0.6) is 11.5 Å². The highest BCUT2D eigenvalue weighted by atomic mass is 35.5. The smallest absolute Gasteiger partial charge is 0.227 e. The number of methoxy groups -OCH3 is 2. The standard InChI is InChI=1S/C20H24N2O3.ClH/c1-24-16-9-10-19(25-2)17(13-16)18-4-3-11-22(18)20(23)12-14-5-7-15(21)8-6-14;/h5-10,13,18H,3-4,11-12,21H2,1-2H3;1H. The van der Waals surface area contributed by atoms with Crippen LogP contribution in [0.15, 0.2) is 42.5 Å². The highest BCUT2D eigenvalue weighted by Crippen LogP contribution is 2.39. The number of rotatable bonds is 5. The molecule has 1 saturated heterocycles. The lowest BCUT2D eigenvalue weighted by Crippen LogP contribution is -2.32. The number of halogens is 1. The van der Waals surface area contributed by atoms with E-state index in [0.29, 0.717) is 12.1 Å². The lowest BCUT2D eigenvalue weighted by Gasteiger charge is -2.27. The second-order valence-electron chi connectivity index (χ2n) is 6.27. The highest BCUT2D eigenvalue weighted by Gasteiger charge is 2.32. The Morgan fingerprint density at radius 2 is 1.88 bits per heavy atom. The van der Waals surface area contributed by atoms with Gasteiger partial charge in [0, 0.05) is 17.8 Å². The Balaban J connectivity index is 0.00000243. The third-order valence-corrected chi connectivity index (χ3v) is 4.70. The molecule has 1 amide bonds. The van der Waals surface area contributed by atoms with Crippen molar-refractivity contribution in [1.82, 2.24) is 4.90 Å². The molecule has 0 spiro atoms. The number of nitrogens with zero attached hydrogens (tertiary/aromatic N) is 1. The van der Waals surface area contributed by atoms with Gasteiger partial charge in [0.2, 0.25) is 5.91 Å². The van der Waals surface area contributed by atoms with Crippen LogP contribution in [0.3, 0.4) is 0 Å². The van der Waals surface area contributed by atoms with E-state index in [2.05, 4.69) is 0 Å². The van der Waals surface area contributed by atoms with Crippen molar-refractivity contribution in [3.8, 4) is 11.5 Å². The Kier molecular flexibility index (Phi) is 6.75. The van der Waals surface area contributed by atoms with Crippen molar-refractivity contribution >= 4 is 24.0 Å². The van der Waals surface area contributed by atoms with Crippen LogP contribution >= 0.6 is 12.4 Å². The molecule has 0 aromatic heterocycles. The Labute approximate surface area is 160 Å². The first-order chi connectivity index (χ1) is 12.1. The molecular formula is C20H25ClN2O3. The van der Waals surface area contributed by atoms with Gasteiger partial charge < -0.3 is 20.1 Å². The van der Waals surface area contributed by atoms with Gasteiger partial charge in [-0.3, -0.25) is 4.79 Å². The summed E-state index contributed by atoms with van der Waals surface area (Å²) in [4.78, 5) is 14.8. The predicted octanol–water partition coefficient (Wildman–Crippen LogP) is 3.61. The van der Waals surface area contributed by atoms with E-state index in [1.165, 1.54) is 0 Å². The maximum absolute atomic E-state index is 12.9. The first kappa shape index (κ1) is 19.9. The summed E-state index contributed by atoms with van der Waals surface area (Å²) < 4.78 is 10.9. The van der Waals surface area contributed by atoms with Gasteiger partial charge in [-0.05, 0) is 48.7 Å². The van der Waals surface area contributed by atoms with Crippen molar-refractivity contribution in [2.75, 3.05) is 26.5 Å². The molecule has 2 N–H and O–H groups in total. The topological polar surface area (TPSA) is 64.8 Å². The molecule has 1 fully saturated rings. The fraction of sp³-hybridized carbons (Fsp3) is 0.350. The van der Waals surface area contributed by atoms with Crippen LogP contribution < -0.4 is 15.2 Å². The summed E-state index contributed by atoms with van der Waals surface area (Å²) in [5, 5.41) is 0. The van der Waals surface area contributed by atoms with Crippen LogP contribution in [0.2, 0.25) is 0 Å². The van der Waals surface area contributed by atoms with Crippen LogP contribution in [0.1, 0.15) is 30.0 Å². The van der Waals surface area contributed by atoms with Crippen molar-refractivity contribution in [3.63, 3.8) is 0 Å².